The molecule has 0 atom stereocenters. The Kier molecular flexibility index (Phi) is 4.49. The SMILES string of the molecule is CC(C)Sc1ncccc1C(=O)N1CCC2(CC1)NC(=O)NC2=O. The van der Waals surface area contributed by atoms with E-state index < -0.39 is 11.6 Å². The van der Waals surface area contributed by atoms with Crippen LogP contribution in [0.1, 0.15) is 37.0 Å². The average molecular weight is 348 g/mol. The van der Waals surface area contributed by atoms with Crippen LogP contribution in [0, 0.1) is 0 Å². The van der Waals surface area contributed by atoms with E-state index in [1.807, 2.05) is 0 Å². The summed E-state index contributed by atoms with van der Waals surface area (Å²) in [6.45, 7) is 4.96. The predicted molar refractivity (Wildman–Crippen MR) is 89.8 cm³/mol. The molecule has 2 aliphatic rings. The summed E-state index contributed by atoms with van der Waals surface area (Å²) in [6.07, 6.45) is 2.53. The third-order valence-corrected chi connectivity index (χ3v) is 5.29. The van der Waals surface area contributed by atoms with E-state index in [4.69, 9.17) is 0 Å². The molecule has 0 radical (unpaired) electrons. The third kappa shape index (κ3) is 3.10. The largest absolute Gasteiger partial charge is 0.338 e. The summed E-state index contributed by atoms with van der Waals surface area (Å²) in [5, 5.41) is 6.03. The summed E-state index contributed by atoms with van der Waals surface area (Å²) in [4.78, 5) is 42.2. The van der Waals surface area contributed by atoms with Gasteiger partial charge in [-0.1, -0.05) is 13.8 Å². The first-order chi connectivity index (χ1) is 11.4. The van der Waals surface area contributed by atoms with Gasteiger partial charge < -0.3 is 10.2 Å². The van der Waals surface area contributed by atoms with Gasteiger partial charge in [-0.05, 0) is 25.0 Å². The molecule has 0 aromatic carbocycles. The molecule has 0 unspecified atom stereocenters. The van der Waals surface area contributed by atoms with Crippen molar-refractivity contribution in [2.45, 2.75) is 42.5 Å². The fourth-order valence-electron chi connectivity index (χ4n) is 3.01. The number of carbonyl (C=O) groups excluding carboxylic acids is 3. The Balaban J connectivity index is 1.72. The van der Waals surface area contributed by atoms with Crippen molar-refractivity contribution in [1.82, 2.24) is 20.5 Å². The highest BCUT2D eigenvalue weighted by atomic mass is 32.2. The molecule has 1 spiro atoms. The zero-order chi connectivity index (χ0) is 17.3. The minimum Gasteiger partial charge on any atom is -0.338 e. The quantitative estimate of drug-likeness (QED) is 0.636. The van der Waals surface area contributed by atoms with Crippen LogP contribution in [0.5, 0.6) is 0 Å². The van der Waals surface area contributed by atoms with Gasteiger partial charge in [-0.2, -0.15) is 0 Å². The standard InChI is InChI=1S/C16H20N4O3S/c1-10(2)24-12-11(4-3-7-17-12)13(21)20-8-5-16(6-9-20)14(22)18-15(23)19-16/h3-4,7,10H,5-6,8-9H2,1-2H3,(H2,18,19,22,23). The summed E-state index contributed by atoms with van der Waals surface area (Å²) in [5.41, 5.74) is -0.273. The first-order valence-corrected chi connectivity index (χ1v) is 8.84. The number of urea groups is 1. The molecule has 4 amide bonds. The molecular formula is C16H20N4O3S. The van der Waals surface area contributed by atoms with Crippen LogP contribution in [0.15, 0.2) is 23.4 Å². The van der Waals surface area contributed by atoms with Crippen molar-refractivity contribution in [1.29, 1.82) is 0 Å². The van der Waals surface area contributed by atoms with E-state index in [-0.39, 0.29) is 11.8 Å². The number of aromatic nitrogens is 1. The van der Waals surface area contributed by atoms with E-state index >= 15 is 0 Å². The van der Waals surface area contributed by atoms with Gasteiger partial charge in [0, 0.05) is 24.5 Å². The molecule has 0 aliphatic carbocycles. The Morgan fingerprint density at radius 1 is 1.33 bits per heavy atom. The molecular weight excluding hydrogens is 328 g/mol. The highest BCUT2D eigenvalue weighted by molar-refractivity contribution is 7.99. The summed E-state index contributed by atoms with van der Waals surface area (Å²) < 4.78 is 0. The van der Waals surface area contributed by atoms with Gasteiger partial charge in [-0.15, -0.1) is 11.8 Å². The lowest BCUT2D eigenvalue weighted by molar-refractivity contribution is -0.125. The van der Waals surface area contributed by atoms with Gasteiger partial charge in [0.2, 0.25) is 0 Å². The van der Waals surface area contributed by atoms with Crippen molar-refractivity contribution < 1.29 is 14.4 Å². The lowest BCUT2D eigenvalue weighted by Gasteiger charge is -2.37. The first kappa shape index (κ1) is 16.8. The molecule has 7 nitrogen and oxygen atoms in total. The Morgan fingerprint density at radius 2 is 2.04 bits per heavy atom. The molecule has 128 valence electrons. The predicted octanol–water partition coefficient (Wildman–Crippen LogP) is 1.40. The second-order valence-corrected chi connectivity index (χ2v) is 7.87. The average Bonchev–Trinajstić information content (AvgIpc) is 2.81. The number of nitrogens with zero attached hydrogens (tertiary/aromatic N) is 2. The van der Waals surface area contributed by atoms with Crippen molar-refractivity contribution >= 4 is 29.6 Å². The van der Waals surface area contributed by atoms with E-state index in [9.17, 15) is 14.4 Å². The number of likely N-dealkylation sites (tertiary alicyclic amines) is 1. The van der Waals surface area contributed by atoms with Crippen LogP contribution < -0.4 is 10.6 Å². The maximum absolute atomic E-state index is 12.8. The number of piperidine rings is 1. The topological polar surface area (TPSA) is 91.4 Å². The maximum atomic E-state index is 12.8. The van der Waals surface area contributed by atoms with Gasteiger partial charge >= 0.3 is 6.03 Å². The van der Waals surface area contributed by atoms with Crippen molar-refractivity contribution in [2.24, 2.45) is 0 Å². The molecule has 3 rings (SSSR count). The minimum atomic E-state index is -0.863. The Labute approximate surface area is 144 Å². The monoisotopic (exact) mass is 348 g/mol. The number of hydrogen-bond acceptors (Lipinski definition) is 5. The fourth-order valence-corrected chi connectivity index (χ4v) is 3.86. The molecule has 2 fully saturated rings. The van der Waals surface area contributed by atoms with Crippen LogP contribution in [0.25, 0.3) is 0 Å². The Hall–Kier alpha value is -2.09. The molecule has 1 aromatic rings. The molecule has 2 N–H and O–H groups in total. The van der Waals surface area contributed by atoms with Gasteiger partial charge in [0.05, 0.1) is 5.56 Å². The molecule has 3 heterocycles. The zero-order valence-electron chi connectivity index (χ0n) is 13.7. The first-order valence-electron chi connectivity index (χ1n) is 7.96. The number of carbonyl (C=O) groups is 3. The molecule has 8 heteroatoms. The van der Waals surface area contributed by atoms with Crippen LogP contribution in [0.4, 0.5) is 4.79 Å². The van der Waals surface area contributed by atoms with E-state index in [1.54, 1.807) is 35.0 Å². The number of pyridine rings is 1. The number of rotatable bonds is 3. The normalized spacial score (nSPS) is 19.5. The smallest absolute Gasteiger partial charge is 0.322 e. The van der Waals surface area contributed by atoms with Gasteiger partial charge in [0.15, 0.2) is 0 Å². The van der Waals surface area contributed by atoms with Crippen molar-refractivity contribution in [3.8, 4) is 0 Å². The minimum absolute atomic E-state index is 0.0779. The number of amides is 4. The summed E-state index contributed by atoms with van der Waals surface area (Å²) in [7, 11) is 0. The Bertz CT molecular complexity index is 684. The molecule has 0 bridgehead atoms. The van der Waals surface area contributed by atoms with E-state index in [1.165, 1.54) is 0 Å². The molecule has 2 aliphatic heterocycles. The van der Waals surface area contributed by atoms with Gasteiger partial charge in [0.25, 0.3) is 11.8 Å². The van der Waals surface area contributed by atoms with Crippen LogP contribution in [-0.4, -0.2) is 51.6 Å². The van der Waals surface area contributed by atoms with Gasteiger partial charge in [-0.3, -0.25) is 14.9 Å². The van der Waals surface area contributed by atoms with Crippen LogP contribution in [0.3, 0.4) is 0 Å². The van der Waals surface area contributed by atoms with E-state index in [2.05, 4.69) is 29.5 Å². The summed E-state index contributed by atoms with van der Waals surface area (Å²) in [6, 6.07) is 3.09. The van der Waals surface area contributed by atoms with E-state index in [0.29, 0.717) is 36.7 Å². The van der Waals surface area contributed by atoms with Gasteiger partial charge in [-0.25, -0.2) is 9.78 Å². The van der Waals surface area contributed by atoms with Crippen LogP contribution in [0.2, 0.25) is 0 Å². The summed E-state index contributed by atoms with van der Waals surface area (Å²) in [5.74, 6) is -0.372. The van der Waals surface area contributed by atoms with Crippen LogP contribution in [-0.2, 0) is 4.79 Å². The van der Waals surface area contributed by atoms with Gasteiger partial charge in [0.1, 0.15) is 10.6 Å². The highest BCUT2D eigenvalue weighted by Gasteiger charge is 2.48. The molecule has 1 aromatic heterocycles. The van der Waals surface area contributed by atoms with Crippen molar-refractivity contribution in [3.05, 3.63) is 23.9 Å². The fraction of sp³-hybridized carbons (Fsp3) is 0.500. The lowest BCUT2D eigenvalue weighted by atomic mass is 9.87. The number of nitrogens with one attached hydrogen (secondary N) is 2. The van der Waals surface area contributed by atoms with E-state index in [0.717, 1.165) is 5.03 Å². The maximum Gasteiger partial charge on any atom is 0.322 e. The highest BCUT2D eigenvalue weighted by Crippen LogP contribution is 2.29. The van der Waals surface area contributed by atoms with Crippen molar-refractivity contribution in [3.63, 3.8) is 0 Å². The lowest BCUT2D eigenvalue weighted by Crippen LogP contribution is -2.55. The molecule has 2 saturated heterocycles. The Morgan fingerprint density at radius 3 is 2.62 bits per heavy atom. The molecule has 24 heavy (non-hydrogen) atoms. The number of hydrogen-bond donors (Lipinski definition) is 2. The zero-order valence-corrected chi connectivity index (χ0v) is 14.5. The third-order valence-electron chi connectivity index (χ3n) is 4.27. The second kappa shape index (κ2) is 6.43. The number of imide groups is 1. The summed E-state index contributed by atoms with van der Waals surface area (Å²) >= 11 is 1.56. The van der Waals surface area contributed by atoms with Crippen LogP contribution >= 0.6 is 11.8 Å². The number of thioether (sulfide) groups is 1. The van der Waals surface area contributed by atoms with Crippen molar-refractivity contribution in [2.75, 3.05) is 13.1 Å². The second-order valence-electron chi connectivity index (χ2n) is 6.31. The molecule has 0 saturated carbocycles.